The van der Waals surface area contributed by atoms with Gasteiger partial charge in [-0.1, -0.05) is 31.7 Å². The van der Waals surface area contributed by atoms with Crippen molar-refractivity contribution < 1.29 is 13.2 Å². The molecule has 1 aliphatic carbocycles. The van der Waals surface area contributed by atoms with Crippen LogP contribution in [0, 0.1) is 0 Å². The normalized spacial score (nSPS) is 20.8. The van der Waals surface area contributed by atoms with Gasteiger partial charge in [-0.25, -0.2) is 12.7 Å². The minimum Gasteiger partial charge on any atom is -0.350 e. The molecule has 1 heterocycles. The van der Waals surface area contributed by atoms with E-state index in [1.807, 2.05) is 0 Å². The van der Waals surface area contributed by atoms with Crippen LogP contribution in [0.15, 0.2) is 29.2 Å². The molecule has 3 rings (SSSR count). The number of likely N-dealkylation sites (tertiary alicyclic amines) is 1. The van der Waals surface area contributed by atoms with E-state index in [2.05, 4.69) is 10.2 Å². The molecule has 1 N–H and O–H groups in total. The van der Waals surface area contributed by atoms with Crippen molar-refractivity contribution >= 4 is 15.9 Å². The molecule has 1 aliphatic heterocycles. The number of nitrogens with one attached hydrogen (secondary N) is 1. The third-order valence-corrected chi connectivity index (χ3v) is 8.08. The second kappa shape index (κ2) is 8.93. The van der Waals surface area contributed by atoms with E-state index in [1.165, 1.54) is 64.8 Å². The molecular formula is C21H33N3O3S. The van der Waals surface area contributed by atoms with Crippen molar-refractivity contribution in [3.05, 3.63) is 29.8 Å². The minimum atomic E-state index is -3.55. The first kappa shape index (κ1) is 21.3. The second-order valence-electron chi connectivity index (χ2n) is 8.33. The van der Waals surface area contributed by atoms with Crippen LogP contribution in [0.3, 0.4) is 0 Å². The van der Waals surface area contributed by atoms with Gasteiger partial charge in [-0.15, -0.1) is 0 Å². The zero-order chi connectivity index (χ0) is 20.2. The Hall–Kier alpha value is -1.44. The fourth-order valence-corrected chi connectivity index (χ4v) is 5.49. The molecule has 1 saturated heterocycles. The van der Waals surface area contributed by atoms with Gasteiger partial charge < -0.3 is 5.32 Å². The number of carbonyl (C=O) groups is 1. The highest BCUT2D eigenvalue weighted by atomic mass is 32.2. The van der Waals surface area contributed by atoms with E-state index in [1.54, 1.807) is 12.1 Å². The molecule has 1 amide bonds. The van der Waals surface area contributed by atoms with Gasteiger partial charge in [0.2, 0.25) is 10.0 Å². The molecular weight excluding hydrogens is 374 g/mol. The van der Waals surface area contributed by atoms with E-state index in [-0.39, 0.29) is 16.3 Å². The van der Waals surface area contributed by atoms with E-state index in [9.17, 15) is 13.2 Å². The van der Waals surface area contributed by atoms with Gasteiger partial charge in [0.1, 0.15) is 0 Å². The maximum Gasteiger partial charge on any atom is 0.251 e. The molecule has 0 spiro atoms. The fourth-order valence-electron chi connectivity index (χ4n) is 4.54. The van der Waals surface area contributed by atoms with Crippen LogP contribution in [-0.2, 0) is 10.0 Å². The quantitative estimate of drug-likeness (QED) is 0.787. The van der Waals surface area contributed by atoms with Crippen molar-refractivity contribution in [3.63, 3.8) is 0 Å². The maximum absolute atomic E-state index is 12.8. The van der Waals surface area contributed by atoms with Crippen LogP contribution in [0.25, 0.3) is 0 Å². The summed E-state index contributed by atoms with van der Waals surface area (Å²) in [5.41, 5.74) is 0.453. The highest BCUT2D eigenvalue weighted by molar-refractivity contribution is 7.89. The van der Waals surface area contributed by atoms with Crippen molar-refractivity contribution in [3.8, 4) is 0 Å². The number of nitrogens with zero attached hydrogens (tertiary/aromatic N) is 2. The van der Waals surface area contributed by atoms with E-state index in [0.29, 0.717) is 12.1 Å². The van der Waals surface area contributed by atoms with Crippen LogP contribution >= 0.6 is 0 Å². The molecule has 2 fully saturated rings. The van der Waals surface area contributed by atoms with Crippen molar-refractivity contribution in [2.45, 2.75) is 61.8 Å². The van der Waals surface area contributed by atoms with Crippen molar-refractivity contribution in [1.82, 2.24) is 14.5 Å². The molecule has 0 atom stereocenters. The zero-order valence-electron chi connectivity index (χ0n) is 17.1. The Balaban J connectivity index is 1.73. The lowest BCUT2D eigenvalue weighted by Crippen LogP contribution is -2.58. The Kier molecular flexibility index (Phi) is 6.78. The van der Waals surface area contributed by atoms with Crippen LogP contribution in [0.5, 0.6) is 0 Å². The lowest BCUT2D eigenvalue weighted by atomic mass is 9.79. The van der Waals surface area contributed by atoms with Gasteiger partial charge in [-0.05, 0) is 57.0 Å². The summed E-state index contributed by atoms with van der Waals surface area (Å²) in [4.78, 5) is 15.6. The Morgan fingerprint density at radius 1 is 1.07 bits per heavy atom. The third kappa shape index (κ3) is 4.58. The van der Waals surface area contributed by atoms with Gasteiger partial charge in [0.05, 0.1) is 4.90 Å². The Labute approximate surface area is 169 Å². The first-order chi connectivity index (χ1) is 13.3. The van der Waals surface area contributed by atoms with Crippen molar-refractivity contribution in [2.24, 2.45) is 0 Å². The molecule has 7 heteroatoms. The number of hydrogen-bond acceptors (Lipinski definition) is 4. The summed E-state index contributed by atoms with van der Waals surface area (Å²) in [6.07, 6.45) is 9.72. The highest BCUT2D eigenvalue weighted by Gasteiger charge is 2.38. The molecule has 0 radical (unpaired) electrons. The Morgan fingerprint density at radius 3 is 2.36 bits per heavy atom. The molecule has 0 aromatic heterocycles. The molecule has 156 valence electrons. The average molecular weight is 408 g/mol. The molecule has 1 saturated carbocycles. The summed E-state index contributed by atoms with van der Waals surface area (Å²) >= 11 is 0. The van der Waals surface area contributed by atoms with Crippen LogP contribution < -0.4 is 5.32 Å². The largest absolute Gasteiger partial charge is 0.350 e. The molecule has 0 bridgehead atoms. The average Bonchev–Trinajstić information content (AvgIpc) is 2.73. The molecule has 1 aromatic rings. The third-order valence-electron chi connectivity index (χ3n) is 6.26. The van der Waals surface area contributed by atoms with E-state index >= 15 is 0 Å². The lowest BCUT2D eigenvalue weighted by molar-refractivity contribution is 0.0326. The standard InChI is InChI=1S/C21H33N3O3S/c1-23(2)28(26,27)19-11-9-10-18(16-19)20(25)22-17-21(12-5-3-6-13-21)24-14-7-4-8-15-24/h9-11,16H,3-8,12-15,17H2,1-2H3,(H,22,25). The number of piperidine rings is 1. The van der Waals surface area contributed by atoms with Crippen LogP contribution in [0.1, 0.15) is 61.7 Å². The molecule has 1 aromatic carbocycles. The van der Waals surface area contributed by atoms with Gasteiger partial charge in [0.15, 0.2) is 0 Å². The Bertz CT molecular complexity index is 780. The monoisotopic (exact) mass is 407 g/mol. The van der Waals surface area contributed by atoms with Gasteiger partial charge in [0, 0.05) is 31.7 Å². The Morgan fingerprint density at radius 2 is 1.71 bits per heavy atom. The number of hydrogen-bond donors (Lipinski definition) is 1. The van der Waals surface area contributed by atoms with E-state index < -0.39 is 10.0 Å². The predicted octanol–water partition coefficient (Wildman–Crippen LogP) is 2.86. The first-order valence-electron chi connectivity index (χ1n) is 10.4. The van der Waals surface area contributed by atoms with Gasteiger partial charge in [0.25, 0.3) is 5.91 Å². The van der Waals surface area contributed by atoms with E-state index in [0.717, 1.165) is 30.2 Å². The topological polar surface area (TPSA) is 69.7 Å². The van der Waals surface area contributed by atoms with Crippen LogP contribution in [-0.4, -0.2) is 62.8 Å². The van der Waals surface area contributed by atoms with Crippen LogP contribution in [0.2, 0.25) is 0 Å². The highest BCUT2D eigenvalue weighted by Crippen LogP contribution is 2.35. The number of rotatable bonds is 6. The number of sulfonamides is 1. The number of amides is 1. The van der Waals surface area contributed by atoms with Crippen molar-refractivity contribution in [2.75, 3.05) is 33.7 Å². The van der Waals surface area contributed by atoms with Crippen LogP contribution in [0.4, 0.5) is 0 Å². The lowest BCUT2D eigenvalue weighted by Gasteiger charge is -2.48. The summed E-state index contributed by atoms with van der Waals surface area (Å²) < 4.78 is 25.9. The molecule has 2 aliphatic rings. The maximum atomic E-state index is 12.8. The summed E-state index contributed by atoms with van der Waals surface area (Å²) in [7, 11) is -0.565. The molecule has 6 nitrogen and oxygen atoms in total. The van der Waals surface area contributed by atoms with Gasteiger partial charge in [-0.2, -0.15) is 0 Å². The SMILES string of the molecule is CN(C)S(=O)(=O)c1cccc(C(=O)NCC2(N3CCCCC3)CCCCC2)c1. The number of benzene rings is 1. The summed E-state index contributed by atoms with van der Waals surface area (Å²) in [6, 6.07) is 6.31. The van der Waals surface area contributed by atoms with Crippen molar-refractivity contribution in [1.29, 1.82) is 0 Å². The predicted molar refractivity (Wildman–Crippen MR) is 111 cm³/mol. The smallest absolute Gasteiger partial charge is 0.251 e. The fraction of sp³-hybridized carbons (Fsp3) is 0.667. The first-order valence-corrected chi connectivity index (χ1v) is 11.9. The van der Waals surface area contributed by atoms with Gasteiger partial charge >= 0.3 is 0 Å². The zero-order valence-corrected chi connectivity index (χ0v) is 17.9. The van der Waals surface area contributed by atoms with Gasteiger partial charge in [-0.3, -0.25) is 9.69 Å². The second-order valence-corrected chi connectivity index (χ2v) is 10.5. The molecule has 0 unspecified atom stereocenters. The number of carbonyl (C=O) groups excluding carboxylic acids is 1. The van der Waals surface area contributed by atoms with E-state index in [4.69, 9.17) is 0 Å². The summed E-state index contributed by atoms with van der Waals surface area (Å²) in [5, 5.41) is 3.13. The summed E-state index contributed by atoms with van der Waals surface area (Å²) in [6.45, 7) is 2.87. The molecule has 28 heavy (non-hydrogen) atoms. The minimum absolute atomic E-state index is 0.0572. The summed E-state index contributed by atoms with van der Waals surface area (Å²) in [5.74, 6) is -0.197.